The van der Waals surface area contributed by atoms with Crippen LogP contribution in [0.1, 0.15) is 10.4 Å². The molecule has 0 aliphatic rings. The molecule has 2 N–H and O–H groups in total. The van der Waals surface area contributed by atoms with Gasteiger partial charge in [-0.3, -0.25) is 4.79 Å². The van der Waals surface area contributed by atoms with Gasteiger partial charge in [0.2, 0.25) is 0 Å². The maximum absolute atomic E-state index is 13.7. The van der Waals surface area contributed by atoms with Crippen molar-refractivity contribution in [2.75, 3.05) is 20.0 Å². The maximum Gasteiger partial charge on any atom is 0.268 e. The minimum absolute atomic E-state index is 0.140. The molecule has 0 bridgehead atoms. The highest BCUT2D eigenvalue weighted by Gasteiger charge is 2.26. The van der Waals surface area contributed by atoms with Crippen LogP contribution in [-0.2, 0) is 10.0 Å². The van der Waals surface area contributed by atoms with Crippen LogP contribution < -0.4 is 15.2 Å². The van der Waals surface area contributed by atoms with Crippen LogP contribution in [0.2, 0.25) is 0 Å². The third kappa shape index (κ3) is 3.30. The molecule has 0 fully saturated rings. The SMILES string of the molecule is COc1ccc2c(c1)cc(-c1ccc(C=O)c(N)c1OC)n2S(=O)(=O)c1ccccc1. The second kappa shape index (κ2) is 7.81. The van der Waals surface area contributed by atoms with Crippen LogP contribution in [0.4, 0.5) is 5.69 Å². The molecule has 31 heavy (non-hydrogen) atoms. The predicted molar refractivity (Wildman–Crippen MR) is 119 cm³/mol. The van der Waals surface area contributed by atoms with Crippen molar-refractivity contribution in [3.8, 4) is 22.8 Å². The molecule has 1 heterocycles. The van der Waals surface area contributed by atoms with E-state index in [0.29, 0.717) is 34.2 Å². The first kappa shape index (κ1) is 20.5. The molecule has 8 heteroatoms. The van der Waals surface area contributed by atoms with E-state index in [2.05, 4.69) is 0 Å². The van der Waals surface area contributed by atoms with Crippen molar-refractivity contribution in [3.63, 3.8) is 0 Å². The second-order valence-corrected chi connectivity index (χ2v) is 8.59. The Balaban J connectivity index is 2.11. The van der Waals surface area contributed by atoms with Crippen LogP contribution in [0.15, 0.2) is 71.6 Å². The first-order valence-corrected chi connectivity index (χ1v) is 10.8. The molecule has 1 aromatic heterocycles. The third-order valence-electron chi connectivity index (χ3n) is 5.08. The van der Waals surface area contributed by atoms with Gasteiger partial charge in [0.05, 0.1) is 36.0 Å². The number of ether oxygens (including phenoxy) is 2. The smallest absolute Gasteiger partial charge is 0.268 e. The Morgan fingerprint density at radius 3 is 2.32 bits per heavy atom. The molecule has 4 rings (SSSR count). The summed E-state index contributed by atoms with van der Waals surface area (Å²) in [5, 5.41) is 0.661. The standard InChI is InChI=1S/C23H20N2O5S/c1-29-17-9-11-20-16(12-17)13-21(19-10-8-15(14-26)22(24)23(19)30-2)25(20)31(27,28)18-6-4-3-5-7-18/h3-14H,24H2,1-2H3. The van der Waals surface area contributed by atoms with Gasteiger partial charge in [0.1, 0.15) is 5.75 Å². The van der Waals surface area contributed by atoms with Crippen molar-refractivity contribution in [2.45, 2.75) is 4.90 Å². The van der Waals surface area contributed by atoms with E-state index in [0.717, 1.165) is 0 Å². The molecule has 0 radical (unpaired) electrons. The van der Waals surface area contributed by atoms with Gasteiger partial charge in [-0.1, -0.05) is 18.2 Å². The van der Waals surface area contributed by atoms with E-state index in [1.165, 1.54) is 29.3 Å². The van der Waals surface area contributed by atoms with Crippen molar-refractivity contribution in [2.24, 2.45) is 0 Å². The van der Waals surface area contributed by atoms with Crippen LogP contribution >= 0.6 is 0 Å². The second-order valence-electron chi connectivity index (χ2n) is 6.80. The van der Waals surface area contributed by atoms with Gasteiger partial charge in [0.15, 0.2) is 12.0 Å². The topological polar surface area (TPSA) is 101 Å². The lowest BCUT2D eigenvalue weighted by molar-refractivity contribution is 0.112. The number of nitrogens with two attached hydrogens (primary N) is 1. The average Bonchev–Trinajstić information content (AvgIpc) is 3.18. The highest BCUT2D eigenvalue weighted by Crippen LogP contribution is 2.41. The monoisotopic (exact) mass is 436 g/mol. The first-order chi connectivity index (χ1) is 14.9. The molecule has 0 aliphatic carbocycles. The zero-order valence-corrected chi connectivity index (χ0v) is 17.7. The molecule has 0 spiro atoms. The van der Waals surface area contributed by atoms with Crippen molar-refractivity contribution >= 4 is 32.9 Å². The van der Waals surface area contributed by atoms with Crippen LogP contribution in [0.25, 0.3) is 22.2 Å². The lowest BCUT2D eigenvalue weighted by Crippen LogP contribution is -2.14. The van der Waals surface area contributed by atoms with Crippen LogP contribution in [0.5, 0.6) is 11.5 Å². The Morgan fingerprint density at radius 1 is 0.935 bits per heavy atom. The quantitative estimate of drug-likeness (QED) is 0.363. The number of carbonyl (C=O) groups excluding carboxylic acids is 1. The fourth-order valence-corrected chi connectivity index (χ4v) is 5.13. The Labute approximate surface area is 179 Å². The van der Waals surface area contributed by atoms with Gasteiger partial charge in [-0.2, -0.15) is 0 Å². The zero-order valence-electron chi connectivity index (χ0n) is 16.9. The minimum atomic E-state index is -3.96. The molecular formula is C23H20N2O5S. The first-order valence-electron chi connectivity index (χ1n) is 9.34. The molecule has 158 valence electrons. The normalized spacial score (nSPS) is 11.4. The minimum Gasteiger partial charge on any atom is -0.497 e. The summed E-state index contributed by atoms with van der Waals surface area (Å²) < 4.78 is 39.4. The highest BCUT2D eigenvalue weighted by molar-refractivity contribution is 7.90. The van der Waals surface area contributed by atoms with E-state index >= 15 is 0 Å². The van der Waals surface area contributed by atoms with E-state index < -0.39 is 10.0 Å². The van der Waals surface area contributed by atoms with Crippen molar-refractivity contribution in [3.05, 3.63) is 72.3 Å². The summed E-state index contributed by atoms with van der Waals surface area (Å²) >= 11 is 0. The molecule has 0 aliphatic heterocycles. The van der Waals surface area contributed by atoms with E-state index in [-0.39, 0.29) is 21.9 Å². The number of aldehydes is 1. The molecule has 3 aromatic carbocycles. The number of nitrogens with zero attached hydrogens (tertiary/aromatic N) is 1. The van der Waals surface area contributed by atoms with Crippen molar-refractivity contribution < 1.29 is 22.7 Å². The predicted octanol–water partition coefficient (Wildman–Crippen LogP) is 3.96. The van der Waals surface area contributed by atoms with Gasteiger partial charge in [0, 0.05) is 16.5 Å². The number of aromatic nitrogens is 1. The molecule has 7 nitrogen and oxygen atoms in total. The Hall–Kier alpha value is -3.78. The summed E-state index contributed by atoms with van der Waals surface area (Å²) in [6.45, 7) is 0. The summed E-state index contributed by atoms with van der Waals surface area (Å²) in [6.07, 6.45) is 0.628. The van der Waals surface area contributed by atoms with Crippen LogP contribution in [0, 0.1) is 0 Å². The number of hydrogen-bond donors (Lipinski definition) is 1. The zero-order chi connectivity index (χ0) is 22.2. The lowest BCUT2D eigenvalue weighted by Gasteiger charge is -2.16. The highest BCUT2D eigenvalue weighted by atomic mass is 32.2. The largest absolute Gasteiger partial charge is 0.497 e. The molecule has 4 aromatic rings. The molecule has 0 amide bonds. The van der Waals surface area contributed by atoms with E-state index in [1.807, 2.05) is 0 Å². The van der Waals surface area contributed by atoms with E-state index in [4.69, 9.17) is 15.2 Å². The molecule has 0 unspecified atom stereocenters. The van der Waals surface area contributed by atoms with Gasteiger partial charge >= 0.3 is 0 Å². The molecule has 0 saturated carbocycles. The number of nitrogen functional groups attached to an aromatic ring is 1. The van der Waals surface area contributed by atoms with Gasteiger partial charge in [-0.05, 0) is 48.5 Å². The van der Waals surface area contributed by atoms with Gasteiger partial charge in [-0.25, -0.2) is 12.4 Å². The Kier molecular flexibility index (Phi) is 5.16. The van der Waals surface area contributed by atoms with E-state index in [1.54, 1.807) is 55.6 Å². The molecule has 0 atom stereocenters. The summed E-state index contributed by atoms with van der Waals surface area (Å²) in [6, 6.07) is 18.2. The third-order valence-corrected chi connectivity index (χ3v) is 6.82. The van der Waals surface area contributed by atoms with E-state index in [9.17, 15) is 13.2 Å². The number of anilines is 1. The summed E-state index contributed by atoms with van der Waals surface area (Å²) in [5.74, 6) is 0.819. The molecule has 0 saturated heterocycles. The van der Waals surface area contributed by atoms with Gasteiger partial charge in [-0.15, -0.1) is 0 Å². The summed E-state index contributed by atoms with van der Waals surface area (Å²) in [4.78, 5) is 11.5. The number of rotatable bonds is 6. The average molecular weight is 436 g/mol. The Bertz CT molecular complexity index is 1390. The van der Waals surface area contributed by atoms with Crippen LogP contribution in [-0.4, -0.2) is 32.9 Å². The maximum atomic E-state index is 13.7. The Morgan fingerprint density at radius 2 is 1.68 bits per heavy atom. The van der Waals surface area contributed by atoms with Gasteiger partial charge < -0.3 is 15.2 Å². The lowest BCUT2D eigenvalue weighted by atomic mass is 10.1. The number of hydrogen-bond acceptors (Lipinski definition) is 6. The number of methoxy groups -OCH3 is 2. The molecular weight excluding hydrogens is 416 g/mol. The van der Waals surface area contributed by atoms with Crippen molar-refractivity contribution in [1.82, 2.24) is 3.97 Å². The van der Waals surface area contributed by atoms with Crippen LogP contribution in [0.3, 0.4) is 0 Å². The summed E-state index contributed by atoms with van der Waals surface area (Å²) in [5.41, 5.74) is 7.79. The van der Waals surface area contributed by atoms with Gasteiger partial charge in [0.25, 0.3) is 10.0 Å². The number of fused-ring (bicyclic) bond motifs is 1. The fourth-order valence-electron chi connectivity index (χ4n) is 3.58. The fraction of sp³-hybridized carbons (Fsp3) is 0.0870. The van der Waals surface area contributed by atoms with Crippen molar-refractivity contribution in [1.29, 1.82) is 0 Å². The number of benzene rings is 3. The number of carbonyl (C=O) groups is 1. The summed E-state index contributed by atoms with van der Waals surface area (Å²) in [7, 11) is -0.999.